The van der Waals surface area contributed by atoms with Crippen LogP contribution >= 0.6 is 35.6 Å². The molecule has 1 atom stereocenters. The number of hydrogen-bond donors (Lipinski definition) is 2. The summed E-state index contributed by atoms with van der Waals surface area (Å²) in [4.78, 5) is 18.3. The number of likely N-dealkylation sites (tertiary alicyclic amines) is 1. The van der Waals surface area contributed by atoms with Crippen molar-refractivity contribution < 1.29 is 13.9 Å². The first-order valence-corrected chi connectivity index (χ1v) is 9.45. The second kappa shape index (κ2) is 11.0. The number of guanidine groups is 1. The molecule has 0 aliphatic carbocycles. The van der Waals surface area contributed by atoms with Crippen molar-refractivity contribution in [1.82, 2.24) is 15.5 Å². The van der Waals surface area contributed by atoms with Crippen LogP contribution in [0.2, 0.25) is 5.02 Å². The van der Waals surface area contributed by atoms with E-state index in [-0.39, 0.29) is 35.8 Å². The van der Waals surface area contributed by atoms with Crippen LogP contribution in [-0.4, -0.2) is 55.3 Å². The summed E-state index contributed by atoms with van der Waals surface area (Å²) in [5.74, 6) is 0.426. The highest BCUT2D eigenvalue weighted by Crippen LogP contribution is 2.17. The summed E-state index contributed by atoms with van der Waals surface area (Å²) in [6.07, 6.45) is 1.08. The van der Waals surface area contributed by atoms with E-state index in [0.717, 1.165) is 24.5 Å². The molecule has 9 heteroatoms. The smallest absolute Gasteiger partial charge is 0.407 e. The first kappa shape index (κ1) is 24.7. The fourth-order valence-electron chi connectivity index (χ4n) is 2.91. The Labute approximate surface area is 188 Å². The summed E-state index contributed by atoms with van der Waals surface area (Å²) in [5, 5.41) is 6.62. The molecule has 158 valence electrons. The van der Waals surface area contributed by atoms with Crippen LogP contribution < -0.4 is 10.6 Å². The lowest BCUT2D eigenvalue weighted by atomic mass is 10.1. The maximum atomic E-state index is 13.1. The Bertz CT molecular complexity index is 697. The summed E-state index contributed by atoms with van der Waals surface area (Å²) >= 11 is 6.06. The molecule has 0 spiro atoms. The molecule has 1 aromatic rings. The number of hydrogen-bond acceptors (Lipinski definition) is 3. The Kier molecular flexibility index (Phi) is 9.76. The van der Waals surface area contributed by atoms with Crippen LogP contribution in [0, 0.1) is 5.82 Å². The number of aliphatic imine (C=N–C) groups is 1. The van der Waals surface area contributed by atoms with Crippen LogP contribution in [0.5, 0.6) is 0 Å². The van der Waals surface area contributed by atoms with E-state index in [1.807, 2.05) is 20.8 Å². The van der Waals surface area contributed by atoms with Gasteiger partial charge in [-0.3, -0.25) is 4.99 Å². The van der Waals surface area contributed by atoms with Gasteiger partial charge in [-0.1, -0.05) is 17.7 Å². The van der Waals surface area contributed by atoms with Gasteiger partial charge in [0.2, 0.25) is 0 Å². The zero-order chi connectivity index (χ0) is 20.0. The third kappa shape index (κ3) is 7.98. The van der Waals surface area contributed by atoms with Gasteiger partial charge >= 0.3 is 6.09 Å². The Morgan fingerprint density at radius 2 is 2.14 bits per heavy atom. The van der Waals surface area contributed by atoms with Crippen molar-refractivity contribution in [3.8, 4) is 0 Å². The average Bonchev–Trinajstić information content (AvgIpc) is 2.99. The molecule has 28 heavy (non-hydrogen) atoms. The predicted molar refractivity (Wildman–Crippen MR) is 121 cm³/mol. The molecular formula is C19H29ClFIN4O2. The Hall–Kier alpha value is -1.29. The molecule has 1 amide bonds. The maximum Gasteiger partial charge on any atom is 0.407 e. The first-order valence-electron chi connectivity index (χ1n) is 9.07. The van der Waals surface area contributed by atoms with Gasteiger partial charge in [0.05, 0.1) is 6.04 Å². The zero-order valence-corrected chi connectivity index (χ0v) is 19.8. The molecule has 0 saturated carbocycles. The van der Waals surface area contributed by atoms with E-state index in [9.17, 15) is 9.18 Å². The van der Waals surface area contributed by atoms with Gasteiger partial charge < -0.3 is 20.3 Å². The van der Waals surface area contributed by atoms with E-state index in [4.69, 9.17) is 16.3 Å². The lowest BCUT2D eigenvalue weighted by Gasteiger charge is -2.23. The molecule has 2 rings (SSSR count). The van der Waals surface area contributed by atoms with E-state index in [0.29, 0.717) is 24.5 Å². The fraction of sp³-hybridized carbons (Fsp3) is 0.579. The minimum absolute atomic E-state index is 0. The number of nitrogens with zero attached hydrogens (tertiary/aromatic N) is 2. The first-order chi connectivity index (χ1) is 12.7. The number of rotatable bonds is 4. The van der Waals surface area contributed by atoms with Crippen LogP contribution in [0.1, 0.15) is 32.8 Å². The molecule has 1 aromatic carbocycles. The third-order valence-electron chi connectivity index (χ3n) is 4.11. The molecule has 2 N–H and O–H groups in total. The summed E-state index contributed by atoms with van der Waals surface area (Å²) in [6, 6.07) is 4.44. The van der Waals surface area contributed by atoms with Gasteiger partial charge in [0.15, 0.2) is 5.96 Å². The molecule has 1 aliphatic heterocycles. The average molecular weight is 527 g/mol. The van der Waals surface area contributed by atoms with Crippen molar-refractivity contribution in [2.24, 2.45) is 4.99 Å². The molecule has 1 fully saturated rings. The normalized spacial score (nSPS) is 17.1. The summed E-state index contributed by atoms with van der Waals surface area (Å²) in [5.41, 5.74) is 0.369. The van der Waals surface area contributed by atoms with E-state index in [1.165, 1.54) is 12.1 Å². The van der Waals surface area contributed by atoms with Gasteiger partial charge in [-0.25, -0.2) is 9.18 Å². The second-order valence-electron chi connectivity index (χ2n) is 7.54. The molecule has 0 radical (unpaired) electrons. The van der Waals surface area contributed by atoms with Crippen LogP contribution in [0.3, 0.4) is 0 Å². The number of benzene rings is 1. The second-order valence-corrected chi connectivity index (χ2v) is 7.94. The van der Waals surface area contributed by atoms with Crippen molar-refractivity contribution in [2.75, 3.05) is 26.7 Å². The molecule has 0 aromatic heterocycles. The highest BCUT2D eigenvalue weighted by Gasteiger charge is 2.27. The molecule has 6 nitrogen and oxygen atoms in total. The van der Waals surface area contributed by atoms with Gasteiger partial charge in [0.1, 0.15) is 11.4 Å². The molecule has 1 saturated heterocycles. The number of carbonyl (C=O) groups is 1. The van der Waals surface area contributed by atoms with Crippen LogP contribution in [-0.2, 0) is 11.2 Å². The highest BCUT2D eigenvalue weighted by atomic mass is 127. The van der Waals surface area contributed by atoms with E-state index >= 15 is 0 Å². The third-order valence-corrected chi connectivity index (χ3v) is 4.46. The molecule has 1 unspecified atom stereocenters. The molecule has 1 aliphatic rings. The van der Waals surface area contributed by atoms with Gasteiger partial charge in [-0.05, 0) is 51.3 Å². The summed E-state index contributed by atoms with van der Waals surface area (Å²) in [6.45, 7) is 7.60. The van der Waals surface area contributed by atoms with Crippen molar-refractivity contribution in [3.05, 3.63) is 34.6 Å². The lowest BCUT2D eigenvalue weighted by Crippen LogP contribution is -2.44. The molecular weight excluding hydrogens is 498 g/mol. The van der Waals surface area contributed by atoms with Crippen molar-refractivity contribution >= 4 is 47.6 Å². The Morgan fingerprint density at radius 1 is 1.43 bits per heavy atom. The standard InChI is InChI=1S/C19H28ClFN4O2.HI/c1-19(2,3)27-18(26)24-15-8-10-25(12-15)17(22-4)23-9-7-13-5-6-14(21)11-16(13)20;/h5-6,11,15H,7-10,12H2,1-4H3,(H,22,23)(H,24,26);1H. The van der Waals surface area contributed by atoms with Crippen molar-refractivity contribution in [1.29, 1.82) is 0 Å². The monoisotopic (exact) mass is 526 g/mol. The molecule has 1 heterocycles. The number of ether oxygens (including phenoxy) is 1. The number of carbonyl (C=O) groups excluding carboxylic acids is 1. The predicted octanol–water partition coefficient (Wildman–Crippen LogP) is 3.81. The van der Waals surface area contributed by atoms with Gasteiger partial charge in [-0.2, -0.15) is 0 Å². The minimum Gasteiger partial charge on any atom is -0.444 e. The fourth-order valence-corrected chi connectivity index (χ4v) is 3.17. The van der Waals surface area contributed by atoms with Crippen LogP contribution in [0.4, 0.5) is 9.18 Å². The zero-order valence-electron chi connectivity index (χ0n) is 16.7. The largest absolute Gasteiger partial charge is 0.444 e. The van der Waals surface area contributed by atoms with Crippen molar-refractivity contribution in [2.45, 2.75) is 45.3 Å². The van der Waals surface area contributed by atoms with E-state index < -0.39 is 11.7 Å². The lowest BCUT2D eigenvalue weighted by molar-refractivity contribution is 0.0507. The van der Waals surface area contributed by atoms with Crippen LogP contribution in [0.25, 0.3) is 0 Å². The summed E-state index contributed by atoms with van der Waals surface area (Å²) < 4.78 is 18.4. The minimum atomic E-state index is -0.512. The van der Waals surface area contributed by atoms with Gasteiger partial charge in [-0.15, -0.1) is 24.0 Å². The van der Waals surface area contributed by atoms with E-state index in [1.54, 1.807) is 13.1 Å². The quantitative estimate of drug-likeness (QED) is 0.356. The number of nitrogens with one attached hydrogen (secondary N) is 2. The Morgan fingerprint density at radius 3 is 2.75 bits per heavy atom. The number of alkyl carbamates (subject to hydrolysis) is 1. The highest BCUT2D eigenvalue weighted by molar-refractivity contribution is 14.0. The van der Waals surface area contributed by atoms with Crippen molar-refractivity contribution in [3.63, 3.8) is 0 Å². The number of amides is 1. The van der Waals surface area contributed by atoms with Gasteiger partial charge in [0.25, 0.3) is 0 Å². The van der Waals surface area contributed by atoms with Crippen LogP contribution in [0.15, 0.2) is 23.2 Å². The Balaban J connectivity index is 0.00000392. The molecule has 0 bridgehead atoms. The van der Waals surface area contributed by atoms with Gasteiger partial charge in [0, 0.05) is 31.7 Å². The maximum absolute atomic E-state index is 13.1. The number of halogens is 3. The SMILES string of the molecule is CN=C(NCCc1ccc(F)cc1Cl)N1CCC(NC(=O)OC(C)(C)C)C1.I. The van der Waals surface area contributed by atoms with E-state index in [2.05, 4.69) is 20.5 Å². The summed E-state index contributed by atoms with van der Waals surface area (Å²) in [7, 11) is 1.72. The topological polar surface area (TPSA) is 66.0 Å².